The third-order valence-corrected chi connectivity index (χ3v) is 3.23. The van der Waals surface area contributed by atoms with Crippen LogP contribution >= 0.6 is 11.6 Å². The van der Waals surface area contributed by atoms with Crippen molar-refractivity contribution < 1.29 is 19.4 Å². The summed E-state index contributed by atoms with van der Waals surface area (Å²) < 4.78 is 11.3. The van der Waals surface area contributed by atoms with Crippen molar-refractivity contribution in [1.82, 2.24) is 4.90 Å². The van der Waals surface area contributed by atoms with Crippen molar-refractivity contribution in [2.75, 3.05) is 25.6 Å². The highest BCUT2D eigenvalue weighted by Gasteiger charge is 2.44. The molecular weight excluding hydrogens is 222 g/mol. The summed E-state index contributed by atoms with van der Waals surface area (Å²) in [5.74, 6) is -0.157. The average Bonchev–Trinajstić information content (AvgIpc) is 2.62. The number of nitrogens with zero attached hydrogens (tertiary/aromatic N) is 1. The van der Waals surface area contributed by atoms with E-state index in [-0.39, 0.29) is 6.10 Å². The van der Waals surface area contributed by atoms with E-state index in [1.54, 1.807) is 0 Å². The van der Waals surface area contributed by atoms with Crippen LogP contribution in [0.2, 0.25) is 0 Å². The van der Waals surface area contributed by atoms with Crippen LogP contribution in [0.15, 0.2) is 0 Å². The molecule has 2 fully saturated rings. The Morgan fingerprint density at radius 2 is 2.20 bits per heavy atom. The summed E-state index contributed by atoms with van der Waals surface area (Å²) in [7, 11) is 0. The first-order valence-electron chi connectivity index (χ1n) is 5.01. The van der Waals surface area contributed by atoms with Crippen LogP contribution in [0.3, 0.4) is 0 Å². The third kappa shape index (κ3) is 2.19. The number of carbonyl (C=O) groups is 1. The van der Waals surface area contributed by atoms with Crippen LogP contribution in [0, 0.1) is 0 Å². The molecule has 2 aliphatic rings. The minimum absolute atomic E-state index is 0.0527. The molecule has 2 saturated heterocycles. The normalized spacial score (nSPS) is 29.7. The molecule has 0 aliphatic carbocycles. The zero-order valence-electron chi connectivity index (χ0n) is 8.32. The maximum Gasteiger partial charge on any atom is 0.407 e. The Balaban J connectivity index is 1.90. The van der Waals surface area contributed by atoms with E-state index in [1.165, 1.54) is 4.90 Å². The van der Waals surface area contributed by atoms with E-state index in [9.17, 15) is 4.79 Å². The number of likely N-dealkylation sites (tertiary alicyclic amines) is 1. The van der Waals surface area contributed by atoms with Crippen molar-refractivity contribution in [3.63, 3.8) is 0 Å². The van der Waals surface area contributed by atoms with Crippen LogP contribution in [0.1, 0.15) is 12.8 Å². The lowest BCUT2D eigenvalue weighted by atomic mass is 10.0. The molecule has 2 aliphatic heterocycles. The number of rotatable bonds is 1. The molecule has 6 heteroatoms. The summed E-state index contributed by atoms with van der Waals surface area (Å²) >= 11 is 5.68. The van der Waals surface area contributed by atoms with Gasteiger partial charge in [0.25, 0.3) is 0 Å². The van der Waals surface area contributed by atoms with Crippen molar-refractivity contribution in [3.05, 3.63) is 0 Å². The van der Waals surface area contributed by atoms with Gasteiger partial charge in [-0.1, -0.05) is 0 Å². The molecule has 0 aromatic heterocycles. The van der Waals surface area contributed by atoms with Crippen LogP contribution in [0.5, 0.6) is 0 Å². The zero-order valence-corrected chi connectivity index (χ0v) is 9.07. The Labute approximate surface area is 92.9 Å². The van der Waals surface area contributed by atoms with Crippen LogP contribution in [0.4, 0.5) is 4.79 Å². The molecule has 1 amide bonds. The van der Waals surface area contributed by atoms with Crippen molar-refractivity contribution in [3.8, 4) is 0 Å². The molecular formula is C9H14ClNO4. The highest BCUT2D eigenvalue weighted by Crippen LogP contribution is 2.34. The SMILES string of the molecule is O=C(O)N1CCC2(CC1)OCC(CCl)O2. The first kappa shape index (κ1) is 11.0. The van der Waals surface area contributed by atoms with Gasteiger partial charge in [0, 0.05) is 25.9 Å². The molecule has 1 spiro atoms. The first-order chi connectivity index (χ1) is 7.15. The molecule has 0 bridgehead atoms. The van der Waals surface area contributed by atoms with Gasteiger partial charge in [0.15, 0.2) is 5.79 Å². The third-order valence-electron chi connectivity index (χ3n) is 2.88. The number of ether oxygens (including phenoxy) is 2. The quantitative estimate of drug-likeness (QED) is 0.692. The second-order valence-corrected chi connectivity index (χ2v) is 4.19. The molecule has 0 radical (unpaired) electrons. The molecule has 15 heavy (non-hydrogen) atoms. The fourth-order valence-corrected chi connectivity index (χ4v) is 2.15. The van der Waals surface area contributed by atoms with Crippen LogP contribution in [-0.4, -0.2) is 53.6 Å². The van der Waals surface area contributed by atoms with E-state index < -0.39 is 11.9 Å². The number of hydrogen-bond donors (Lipinski definition) is 1. The Hall–Kier alpha value is -0.520. The molecule has 86 valence electrons. The minimum Gasteiger partial charge on any atom is -0.465 e. The summed E-state index contributed by atoms with van der Waals surface area (Å²) in [6.07, 6.45) is 0.249. The van der Waals surface area contributed by atoms with Crippen LogP contribution < -0.4 is 0 Å². The van der Waals surface area contributed by atoms with Crippen LogP contribution in [-0.2, 0) is 9.47 Å². The molecule has 2 rings (SSSR count). The van der Waals surface area contributed by atoms with Gasteiger partial charge in [-0.25, -0.2) is 4.79 Å². The molecule has 1 unspecified atom stereocenters. The Morgan fingerprint density at radius 1 is 1.53 bits per heavy atom. The van der Waals surface area contributed by atoms with E-state index in [1.807, 2.05) is 0 Å². The predicted octanol–water partition coefficient (Wildman–Crippen LogP) is 1.11. The van der Waals surface area contributed by atoms with Gasteiger partial charge >= 0.3 is 6.09 Å². The lowest BCUT2D eigenvalue weighted by Crippen LogP contribution is -2.47. The van der Waals surface area contributed by atoms with Crippen molar-refractivity contribution in [2.24, 2.45) is 0 Å². The van der Waals surface area contributed by atoms with Gasteiger partial charge in [0.1, 0.15) is 0 Å². The maximum atomic E-state index is 10.7. The van der Waals surface area contributed by atoms with Gasteiger partial charge in [0.2, 0.25) is 0 Å². The van der Waals surface area contributed by atoms with Crippen molar-refractivity contribution in [2.45, 2.75) is 24.7 Å². The van der Waals surface area contributed by atoms with E-state index >= 15 is 0 Å². The minimum atomic E-state index is -0.878. The second-order valence-electron chi connectivity index (χ2n) is 3.89. The number of amides is 1. The van der Waals surface area contributed by atoms with Crippen LogP contribution in [0.25, 0.3) is 0 Å². The molecule has 0 aromatic rings. The number of hydrogen-bond acceptors (Lipinski definition) is 3. The Morgan fingerprint density at radius 3 is 2.67 bits per heavy atom. The lowest BCUT2D eigenvalue weighted by Gasteiger charge is -2.36. The molecule has 1 atom stereocenters. The summed E-state index contributed by atoms with van der Waals surface area (Å²) in [4.78, 5) is 12.1. The predicted molar refractivity (Wildman–Crippen MR) is 53.1 cm³/mol. The molecule has 2 heterocycles. The summed E-state index contributed by atoms with van der Waals surface area (Å²) in [5, 5.41) is 8.79. The standard InChI is InChI=1S/C9H14ClNO4/c10-5-7-6-14-9(15-7)1-3-11(4-2-9)8(12)13/h7H,1-6H2,(H,12,13). The Kier molecular flexibility index (Phi) is 3.04. The maximum absolute atomic E-state index is 10.7. The van der Waals surface area contributed by atoms with Gasteiger partial charge in [-0.2, -0.15) is 0 Å². The van der Waals surface area contributed by atoms with Crippen molar-refractivity contribution in [1.29, 1.82) is 0 Å². The van der Waals surface area contributed by atoms with Gasteiger partial charge < -0.3 is 19.5 Å². The van der Waals surface area contributed by atoms with E-state index in [0.29, 0.717) is 38.4 Å². The fourth-order valence-electron chi connectivity index (χ4n) is 1.99. The zero-order chi connectivity index (χ0) is 10.9. The van der Waals surface area contributed by atoms with Gasteiger partial charge in [-0.3, -0.25) is 0 Å². The van der Waals surface area contributed by atoms with E-state index in [4.69, 9.17) is 26.2 Å². The lowest BCUT2D eigenvalue weighted by molar-refractivity contribution is -0.190. The number of carboxylic acid groups (broad SMARTS) is 1. The average molecular weight is 236 g/mol. The molecule has 5 nitrogen and oxygen atoms in total. The largest absolute Gasteiger partial charge is 0.465 e. The van der Waals surface area contributed by atoms with Gasteiger partial charge in [-0.15, -0.1) is 11.6 Å². The summed E-state index contributed by atoms with van der Waals surface area (Å²) in [6, 6.07) is 0. The summed E-state index contributed by atoms with van der Waals surface area (Å²) in [5.41, 5.74) is 0. The highest BCUT2D eigenvalue weighted by molar-refractivity contribution is 6.18. The topological polar surface area (TPSA) is 59.0 Å². The number of halogens is 1. The van der Waals surface area contributed by atoms with Gasteiger partial charge in [0.05, 0.1) is 18.6 Å². The Bertz CT molecular complexity index is 252. The number of piperidine rings is 1. The molecule has 1 N–H and O–H groups in total. The summed E-state index contributed by atoms with van der Waals surface area (Å²) in [6.45, 7) is 1.44. The number of alkyl halides is 1. The fraction of sp³-hybridized carbons (Fsp3) is 0.889. The highest BCUT2D eigenvalue weighted by atomic mass is 35.5. The molecule has 0 saturated carbocycles. The van der Waals surface area contributed by atoms with E-state index in [0.717, 1.165) is 0 Å². The van der Waals surface area contributed by atoms with Gasteiger partial charge in [-0.05, 0) is 0 Å². The van der Waals surface area contributed by atoms with Crippen molar-refractivity contribution >= 4 is 17.7 Å². The smallest absolute Gasteiger partial charge is 0.407 e. The second kappa shape index (κ2) is 4.15. The molecule has 0 aromatic carbocycles. The first-order valence-corrected chi connectivity index (χ1v) is 5.54. The monoisotopic (exact) mass is 235 g/mol. The van der Waals surface area contributed by atoms with E-state index in [2.05, 4.69) is 0 Å².